The van der Waals surface area contributed by atoms with Gasteiger partial charge in [-0.3, -0.25) is 9.59 Å². The molecule has 3 heteroatoms. The molecule has 0 spiro atoms. The maximum atomic E-state index is 12.4. The molecule has 100 valence electrons. The van der Waals surface area contributed by atoms with E-state index in [4.69, 9.17) is 4.74 Å². The molecule has 1 unspecified atom stereocenters. The maximum absolute atomic E-state index is 12.4. The molecule has 3 aliphatic rings. The van der Waals surface area contributed by atoms with Crippen molar-refractivity contribution >= 4 is 11.6 Å². The zero-order chi connectivity index (χ0) is 14.0. The molecule has 0 saturated heterocycles. The van der Waals surface area contributed by atoms with Gasteiger partial charge in [0.2, 0.25) is 11.6 Å². The fourth-order valence-corrected chi connectivity index (χ4v) is 3.00. The first kappa shape index (κ1) is 12.4. The second kappa shape index (κ2) is 3.47. The minimum Gasteiger partial charge on any atom is -0.486 e. The monoisotopic (exact) mass is 258 g/mol. The van der Waals surface area contributed by atoms with Crippen LogP contribution >= 0.6 is 0 Å². The summed E-state index contributed by atoms with van der Waals surface area (Å²) in [5.74, 6) is -0.346. The SMILES string of the molecule is CC1(C)OC2=C(C(=O)C(=O)C3CC=CC=C23)C1(C)C. The number of ketones is 2. The van der Waals surface area contributed by atoms with Crippen LogP contribution in [0.1, 0.15) is 34.1 Å². The topological polar surface area (TPSA) is 43.4 Å². The minimum atomic E-state index is -0.482. The van der Waals surface area contributed by atoms with E-state index in [1.165, 1.54) is 0 Å². The van der Waals surface area contributed by atoms with Gasteiger partial charge in [-0.2, -0.15) is 0 Å². The van der Waals surface area contributed by atoms with Crippen molar-refractivity contribution in [2.24, 2.45) is 11.3 Å². The number of hydrogen-bond acceptors (Lipinski definition) is 3. The highest BCUT2D eigenvalue weighted by Crippen LogP contribution is 2.54. The number of ether oxygens (including phenoxy) is 1. The average molecular weight is 258 g/mol. The number of fused-ring (bicyclic) bond motifs is 2. The Balaban J connectivity index is 2.25. The molecular weight excluding hydrogens is 240 g/mol. The van der Waals surface area contributed by atoms with Crippen molar-refractivity contribution in [3.63, 3.8) is 0 Å². The largest absolute Gasteiger partial charge is 0.486 e. The van der Waals surface area contributed by atoms with Gasteiger partial charge in [0, 0.05) is 11.0 Å². The van der Waals surface area contributed by atoms with Crippen LogP contribution in [0.3, 0.4) is 0 Å². The van der Waals surface area contributed by atoms with Gasteiger partial charge in [0.1, 0.15) is 11.4 Å². The highest BCUT2D eigenvalue weighted by molar-refractivity contribution is 6.46. The van der Waals surface area contributed by atoms with E-state index in [2.05, 4.69) is 0 Å². The lowest BCUT2D eigenvalue weighted by Crippen LogP contribution is -2.41. The van der Waals surface area contributed by atoms with Crippen molar-refractivity contribution < 1.29 is 14.3 Å². The van der Waals surface area contributed by atoms with Crippen molar-refractivity contribution in [1.29, 1.82) is 0 Å². The van der Waals surface area contributed by atoms with E-state index in [1.54, 1.807) is 0 Å². The van der Waals surface area contributed by atoms with Crippen molar-refractivity contribution in [1.82, 2.24) is 0 Å². The van der Waals surface area contributed by atoms with E-state index in [9.17, 15) is 9.59 Å². The Morgan fingerprint density at radius 1 is 1.21 bits per heavy atom. The second-order valence-electron chi connectivity index (χ2n) is 6.47. The van der Waals surface area contributed by atoms with Gasteiger partial charge in [-0.15, -0.1) is 0 Å². The van der Waals surface area contributed by atoms with Crippen LogP contribution in [0, 0.1) is 11.3 Å². The smallest absolute Gasteiger partial charge is 0.229 e. The third kappa shape index (κ3) is 1.38. The molecule has 1 aliphatic heterocycles. The molecule has 0 radical (unpaired) electrons. The fourth-order valence-electron chi connectivity index (χ4n) is 3.00. The number of carbonyl (C=O) groups excluding carboxylic acids is 2. The molecule has 0 N–H and O–H groups in total. The van der Waals surface area contributed by atoms with E-state index in [0.29, 0.717) is 17.8 Å². The Morgan fingerprint density at radius 2 is 1.89 bits per heavy atom. The number of allylic oxidation sites excluding steroid dienone is 4. The second-order valence-corrected chi connectivity index (χ2v) is 6.47. The lowest BCUT2D eigenvalue weighted by atomic mass is 9.67. The summed E-state index contributed by atoms with van der Waals surface area (Å²) in [5, 5.41) is 0. The van der Waals surface area contributed by atoms with Crippen LogP contribution in [0.2, 0.25) is 0 Å². The van der Waals surface area contributed by atoms with Crippen LogP contribution in [0.5, 0.6) is 0 Å². The van der Waals surface area contributed by atoms with Crippen LogP contribution in [-0.2, 0) is 14.3 Å². The van der Waals surface area contributed by atoms with E-state index in [1.807, 2.05) is 45.9 Å². The normalized spacial score (nSPS) is 30.7. The van der Waals surface area contributed by atoms with Crippen molar-refractivity contribution in [2.75, 3.05) is 0 Å². The molecule has 3 nitrogen and oxygen atoms in total. The Hall–Kier alpha value is -1.64. The number of carbonyl (C=O) groups is 2. The van der Waals surface area contributed by atoms with E-state index >= 15 is 0 Å². The maximum Gasteiger partial charge on any atom is 0.229 e. The zero-order valence-electron chi connectivity index (χ0n) is 11.7. The Kier molecular flexibility index (Phi) is 2.26. The molecule has 0 aromatic carbocycles. The van der Waals surface area contributed by atoms with E-state index in [-0.39, 0.29) is 17.5 Å². The summed E-state index contributed by atoms with van der Waals surface area (Å²) in [4.78, 5) is 24.7. The number of hydrogen-bond donors (Lipinski definition) is 0. The van der Waals surface area contributed by atoms with Gasteiger partial charge in [0.05, 0.1) is 11.5 Å². The Labute approximate surface area is 113 Å². The highest BCUT2D eigenvalue weighted by atomic mass is 16.5. The standard InChI is InChI=1S/C16H18O3/c1-15(2)11-13(18)12(17)9-7-5-6-8-10(9)14(11)19-16(15,3)4/h5-6,8-9H,7H2,1-4H3. The van der Waals surface area contributed by atoms with Gasteiger partial charge in [0.15, 0.2) is 0 Å². The van der Waals surface area contributed by atoms with Crippen LogP contribution in [0.4, 0.5) is 0 Å². The van der Waals surface area contributed by atoms with Gasteiger partial charge < -0.3 is 4.74 Å². The van der Waals surface area contributed by atoms with Gasteiger partial charge in [0.25, 0.3) is 0 Å². The molecule has 19 heavy (non-hydrogen) atoms. The molecule has 0 saturated carbocycles. The molecule has 0 aromatic heterocycles. The molecule has 0 bridgehead atoms. The predicted octanol–water partition coefficient (Wildman–Crippen LogP) is 2.73. The molecule has 2 aliphatic carbocycles. The van der Waals surface area contributed by atoms with Crippen molar-refractivity contribution in [3.8, 4) is 0 Å². The zero-order valence-corrected chi connectivity index (χ0v) is 11.7. The number of rotatable bonds is 0. The molecule has 0 amide bonds. The molecule has 0 aromatic rings. The van der Waals surface area contributed by atoms with Crippen LogP contribution < -0.4 is 0 Å². The third-order valence-electron chi connectivity index (χ3n) is 4.90. The summed E-state index contributed by atoms with van der Waals surface area (Å²) in [6, 6.07) is 0. The summed E-state index contributed by atoms with van der Waals surface area (Å²) in [5.41, 5.74) is 0.494. The summed E-state index contributed by atoms with van der Waals surface area (Å²) in [6.07, 6.45) is 6.36. The third-order valence-corrected chi connectivity index (χ3v) is 4.90. The Morgan fingerprint density at radius 3 is 2.58 bits per heavy atom. The van der Waals surface area contributed by atoms with Crippen LogP contribution in [0.25, 0.3) is 0 Å². The predicted molar refractivity (Wildman–Crippen MR) is 71.3 cm³/mol. The highest BCUT2D eigenvalue weighted by Gasteiger charge is 2.57. The lowest BCUT2D eigenvalue weighted by Gasteiger charge is -2.34. The summed E-state index contributed by atoms with van der Waals surface area (Å²) in [6.45, 7) is 7.88. The molecule has 3 rings (SSSR count). The Bertz CT molecular complexity index is 585. The lowest BCUT2D eigenvalue weighted by molar-refractivity contribution is -0.137. The van der Waals surface area contributed by atoms with Gasteiger partial charge in [-0.1, -0.05) is 32.1 Å². The summed E-state index contributed by atoms with van der Waals surface area (Å²) >= 11 is 0. The van der Waals surface area contributed by atoms with Crippen molar-refractivity contribution in [3.05, 3.63) is 35.1 Å². The quantitative estimate of drug-likeness (QED) is 0.627. The molecule has 1 atom stereocenters. The van der Waals surface area contributed by atoms with E-state index in [0.717, 1.165) is 5.57 Å². The van der Waals surface area contributed by atoms with E-state index < -0.39 is 11.0 Å². The first-order chi connectivity index (χ1) is 8.77. The minimum absolute atomic E-state index is 0.288. The average Bonchev–Trinajstić information content (AvgIpc) is 2.53. The molecular formula is C16H18O3. The van der Waals surface area contributed by atoms with Crippen LogP contribution in [-0.4, -0.2) is 17.2 Å². The van der Waals surface area contributed by atoms with Gasteiger partial charge in [-0.25, -0.2) is 0 Å². The first-order valence-electron chi connectivity index (χ1n) is 6.67. The van der Waals surface area contributed by atoms with Crippen molar-refractivity contribution in [2.45, 2.75) is 39.7 Å². The number of Topliss-reactive ketones (excluding diaryl/α,β-unsaturated/α-hetero) is 2. The summed E-state index contributed by atoms with van der Waals surface area (Å²) in [7, 11) is 0. The molecule has 0 fully saturated rings. The van der Waals surface area contributed by atoms with Gasteiger partial charge >= 0.3 is 0 Å². The van der Waals surface area contributed by atoms with Crippen LogP contribution in [0.15, 0.2) is 35.1 Å². The van der Waals surface area contributed by atoms with Gasteiger partial charge in [-0.05, 0) is 20.3 Å². The molecule has 1 heterocycles. The fraction of sp³-hybridized carbons (Fsp3) is 0.500. The summed E-state index contributed by atoms with van der Waals surface area (Å²) < 4.78 is 6.06. The first-order valence-corrected chi connectivity index (χ1v) is 6.67.